The summed E-state index contributed by atoms with van der Waals surface area (Å²) in [5, 5.41) is 6.15. The minimum atomic E-state index is -0.677. The number of benzene rings is 1. The van der Waals surface area contributed by atoms with Crippen molar-refractivity contribution in [3.05, 3.63) is 34.9 Å². The maximum absolute atomic E-state index is 13.8. The van der Waals surface area contributed by atoms with E-state index in [-0.39, 0.29) is 28.6 Å². The Kier molecular flexibility index (Phi) is 3.06. The van der Waals surface area contributed by atoms with Crippen molar-refractivity contribution in [2.24, 2.45) is 0 Å². The molecule has 2 aromatic rings. The third-order valence-corrected chi connectivity index (χ3v) is 2.58. The Balaban J connectivity index is 2.24. The Morgan fingerprint density at radius 1 is 1.41 bits per heavy atom. The fourth-order valence-electron chi connectivity index (χ4n) is 1.35. The van der Waals surface area contributed by atoms with Crippen molar-refractivity contribution in [3.63, 3.8) is 0 Å². The second-order valence-corrected chi connectivity index (χ2v) is 3.77. The van der Waals surface area contributed by atoms with Crippen LogP contribution in [0.15, 0.2) is 22.9 Å². The van der Waals surface area contributed by atoms with Gasteiger partial charge in [0.05, 0.1) is 29.8 Å². The number of halogens is 2. The van der Waals surface area contributed by atoms with E-state index in [1.165, 1.54) is 12.3 Å². The Labute approximate surface area is 102 Å². The smallest absolute Gasteiger partial charge is 0.169 e. The number of aromatic nitrogens is 1. The zero-order chi connectivity index (χ0) is 12.4. The molecule has 1 aromatic heterocycles. The molecule has 0 aliphatic rings. The van der Waals surface area contributed by atoms with Crippen LogP contribution >= 0.6 is 11.6 Å². The van der Waals surface area contributed by atoms with Crippen LogP contribution in [-0.4, -0.2) is 5.16 Å². The van der Waals surface area contributed by atoms with E-state index in [1.54, 1.807) is 6.07 Å². The lowest BCUT2D eigenvalue weighted by Gasteiger charge is -2.11. The standard InChI is InChI=1S/C10H10ClFN4O/c11-8-6(13)3-7(14)10(9(8)12)15-4-5-1-2-16-17-5/h1-3,15H,4,13-14H2. The molecule has 0 radical (unpaired) electrons. The van der Waals surface area contributed by atoms with Gasteiger partial charge >= 0.3 is 0 Å². The molecule has 90 valence electrons. The van der Waals surface area contributed by atoms with Gasteiger partial charge in [-0.15, -0.1) is 0 Å². The summed E-state index contributed by atoms with van der Waals surface area (Å²) in [6.07, 6.45) is 1.49. The van der Waals surface area contributed by atoms with Crippen LogP contribution in [0.1, 0.15) is 5.76 Å². The van der Waals surface area contributed by atoms with Crippen LogP contribution in [-0.2, 0) is 6.54 Å². The molecule has 0 bridgehead atoms. The highest BCUT2D eigenvalue weighted by Gasteiger charge is 2.14. The first-order valence-electron chi connectivity index (χ1n) is 4.76. The number of rotatable bonds is 3. The van der Waals surface area contributed by atoms with Crippen LogP contribution in [0.5, 0.6) is 0 Å². The molecule has 1 aromatic carbocycles. The molecule has 0 aliphatic carbocycles. The van der Waals surface area contributed by atoms with Crippen molar-refractivity contribution >= 4 is 28.7 Å². The zero-order valence-electron chi connectivity index (χ0n) is 8.71. The number of nitrogens with zero attached hydrogens (tertiary/aromatic N) is 1. The molecular weight excluding hydrogens is 247 g/mol. The normalized spacial score (nSPS) is 10.5. The second-order valence-electron chi connectivity index (χ2n) is 3.39. The molecule has 0 unspecified atom stereocenters. The van der Waals surface area contributed by atoms with Crippen molar-refractivity contribution in [1.29, 1.82) is 0 Å². The molecule has 0 amide bonds. The minimum absolute atomic E-state index is 0.0978. The second kappa shape index (κ2) is 4.50. The highest BCUT2D eigenvalue weighted by Crippen LogP contribution is 2.33. The van der Waals surface area contributed by atoms with Crippen molar-refractivity contribution < 1.29 is 8.91 Å². The lowest BCUT2D eigenvalue weighted by molar-refractivity contribution is 0.388. The van der Waals surface area contributed by atoms with E-state index in [0.717, 1.165) is 0 Å². The fourth-order valence-corrected chi connectivity index (χ4v) is 1.50. The molecule has 0 saturated heterocycles. The van der Waals surface area contributed by atoms with Crippen LogP contribution in [0.3, 0.4) is 0 Å². The summed E-state index contributed by atoms with van der Waals surface area (Å²) < 4.78 is 18.6. The van der Waals surface area contributed by atoms with Gasteiger partial charge in [0.25, 0.3) is 0 Å². The lowest BCUT2D eigenvalue weighted by Crippen LogP contribution is -2.06. The molecule has 2 rings (SSSR count). The molecule has 7 heteroatoms. The maximum atomic E-state index is 13.8. The molecule has 5 N–H and O–H groups in total. The SMILES string of the molecule is Nc1cc(N)c(NCc2ccno2)c(F)c1Cl. The van der Waals surface area contributed by atoms with Gasteiger partial charge in [0.2, 0.25) is 0 Å². The summed E-state index contributed by atoms with van der Waals surface area (Å²) in [4.78, 5) is 0. The molecule has 1 heterocycles. The van der Waals surface area contributed by atoms with Crippen LogP contribution in [0, 0.1) is 5.82 Å². The summed E-state index contributed by atoms with van der Waals surface area (Å²) in [5.41, 5.74) is 11.5. The van der Waals surface area contributed by atoms with Gasteiger partial charge in [-0.25, -0.2) is 4.39 Å². The van der Waals surface area contributed by atoms with E-state index in [1.807, 2.05) is 0 Å². The van der Waals surface area contributed by atoms with Crippen LogP contribution in [0.4, 0.5) is 21.5 Å². The van der Waals surface area contributed by atoms with Gasteiger partial charge in [-0.05, 0) is 6.07 Å². The number of hydrogen-bond acceptors (Lipinski definition) is 5. The molecule has 0 fully saturated rings. The number of nitrogens with two attached hydrogens (primary N) is 2. The van der Waals surface area contributed by atoms with E-state index in [2.05, 4.69) is 10.5 Å². The van der Waals surface area contributed by atoms with E-state index >= 15 is 0 Å². The zero-order valence-corrected chi connectivity index (χ0v) is 9.46. The topological polar surface area (TPSA) is 90.1 Å². The van der Waals surface area contributed by atoms with Crippen molar-refractivity contribution in [1.82, 2.24) is 5.16 Å². The Morgan fingerprint density at radius 2 is 2.18 bits per heavy atom. The molecule has 0 aliphatic heterocycles. The van der Waals surface area contributed by atoms with Crippen LogP contribution < -0.4 is 16.8 Å². The molecule has 0 atom stereocenters. The number of nitrogen functional groups attached to an aromatic ring is 2. The predicted molar refractivity (Wildman–Crippen MR) is 64.1 cm³/mol. The van der Waals surface area contributed by atoms with Gasteiger partial charge < -0.3 is 21.3 Å². The average molecular weight is 257 g/mol. The van der Waals surface area contributed by atoms with E-state index in [4.69, 9.17) is 27.6 Å². The lowest BCUT2D eigenvalue weighted by atomic mass is 10.2. The highest BCUT2D eigenvalue weighted by molar-refractivity contribution is 6.33. The third kappa shape index (κ3) is 2.26. The van der Waals surface area contributed by atoms with E-state index in [0.29, 0.717) is 5.76 Å². The first-order chi connectivity index (χ1) is 8.09. The quantitative estimate of drug-likeness (QED) is 0.733. The third-order valence-electron chi connectivity index (χ3n) is 2.20. The van der Waals surface area contributed by atoms with E-state index in [9.17, 15) is 4.39 Å². The molecule has 0 saturated carbocycles. The highest BCUT2D eigenvalue weighted by atomic mass is 35.5. The minimum Gasteiger partial charge on any atom is -0.397 e. The Hall–Kier alpha value is -1.95. The average Bonchev–Trinajstić information content (AvgIpc) is 2.79. The van der Waals surface area contributed by atoms with Crippen LogP contribution in [0.2, 0.25) is 5.02 Å². The summed E-state index contributed by atoms with van der Waals surface area (Å²) in [6, 6.07) is 3.05. The summed E-state index contributed by atoms with van der Waals surface area (Å²) in [6.45, 7) is 0.251. The molecule has 5 nitrogen and oxygen atoms in total. The van der Waals surface area contributed by atoms with Gasteiger partial charge in [0, 0.05) is 6.07 Å². The Morgan fingerprint density at radius 3 is 2.82 bits per heavy atom. The largest absolute Gasteiger partial charge is 0.397 e. The van der Waals surface area contributed by atoms with Gasteiger partial charge in [0.1, 0.15) is 5.02 Å². The van der Waals surface area contributed by atoms with Crippen molar-refractivity contribution in [2.75, 3.05) is 16.8 Å². The number of anilines is 3. The molecule has 17 heavy (non-hydrogen) atoms. The molecule has 0 spiro atoms. The summed E-state index contributed by atoms with van der Waals surface area (Å²) in [5.74, 6) is -0.125. The van der Waals surface area contributed by atoms with Gasteiger partial charge in [-0.3, -0.25) is 0 Å². The number of nitrogens with one attached hydrogen (secondary N) is 1. The van der Waals surface area contributed by atoms with Gasteiger partial charge in [-0.1, -0.05) is 16.8 Å². The maximum Gasteiger partial charge on any atom is 0.169 e. The first-order valence-corrected chi connectivity index (χ1v) is 5.13. The van der Waals surface area contributed by atoms with Crippen molar-refractivity contribution in [2.45, 2.75) is 6.54 Å². The molecular formula is C10H10ClFN4O. The first kappa shape index (κ1) is 11.5. The summed E-state index contributed by atoms with van der Waals surface area (Å²) in [7, 11) is 0. The predicted octanol–water partition coefficient (Wildman–Crippen LogP) is 2.24. The van der Waals surface area contributed by atoms with Gasteiger partial charge in [-0.2, -0.15) is 0 Å². The van der Waals surface area contributed by atoms with Gasteiger partial charge in [0.15, 0.2) is 11.6 Å². The van der Waals surface area contributed by atoms with Crippen molar-refractivity contribution in [3.8, 4) is 0 Å². The number of hydrogen-bond donors (Lipinski definition) is 3. The Bertz CT molecular complexity index is 530. The van der Waals surface area contributed by atoms with E-state index < -0.39 is 5.82 Å². The summed E-state index contributed by atoms with van der Waals surface area (Å²) >= 11 is 5.68. The fraction of sp³-hybridized carbons (Fsp3) is 0.100. The van der Waals surface area contributed by atoms with Crippen LogP contribution in [0.25, 0.3) is 0 Å². The monoisotopic (exact) mass is 256 g/mol.